The molecule has 2 N–H and O–H groups in total. The lowest BCUT2D eigenvalue weighted by molar-refractivity contribution is -0.139. The lowest BCUT2D eigenvalue weighted by atomic mass is 10.1. The van der Waals surface area contributed by atoms with Gasteiger partial charge in [0.25, 0.3) is 5.91 Å². The molecule has 0 radical (unpaired) electrons. The number of carboxylic acids is 1. The largest absolute Gasteiger partial charge is 0.480 e. The van der Waals surface area contributed by atoms with Crippen LogP contribution in [0.4, 0.5) is 0 Å². The Labute approximate surface area is 107 Å². The van der Waals surface area contributed by atoms with Crippen LogP contribution in [0, 0.1) is 12.3 Å². The Hall–Kier alpha value is -1.80. The van der Waals surface area contributed by atoms with Crippen molar-refractivity contribution >= 4 is 27.8 Å². The van der Waals surface area contributed by atoms with E-state index in [0.29, 0.717) is 5.56 Å². The summed E-state index contributed by atoms with van der Waals surface area (Å²) >= 11 is 3.23. The molecule has 0 aliphatic carbocycles. The number of amides is 1. The highest BCUT2D eigenvalue weighted by Crippen LogP contribution is 2.11. The Morgan fingerprint density at radius 3 is 2.76 bits per heavy atom. The van der Waals surface area contributed by atoms with Gasteiger partial charge in [0.1, 0.15) is 6.04 Å². The van der Waals surface area contributed by atoms with E-state index < -0.39 is 17.9 Å². The number of carbonyl (C=O) groups is 2. The molecule has 0 aliphatic rings. The van der Waals surface area contributed by atoms with Crippen LogP contribution >= 0.6 is 15.9 Å². The van der Waals surface area contributed by atoms with Gasteiger partial charge >= 0.3 is 5.97 Å². The number of halogens is 1. The molecule has 17 heavy (non-hydrogen) atoms. The maximum Gasteiger partial charge on any atom is 0.327 e. The fourth-order valence-electron chi connectivity index (χ4n) is 1.19. The van der Waals surface area contributed by atoms with E-state index in [-0.39, 0.29) is 6.42 Å². The molecule has 5 heteroatoms. The molecule has 88 valence electrons. The minimum Gasteiger partial charge on any atom is -0.480 e. The molecule has 0 unspecified atom stereocenters. The van der Waals surface area contributed by atoms with Crippen LogP contribution in [0.3, 0.4) is 0 Å². The predicted molar refractivity (Wildman–Crippen MR) is 66.5 cm³/mol. The fourth-order valence-corrected chi connectivity index (χ4v) is 1.59. The van der Waals surface area contributed by atoms with Crippen molar-refractivity contribution in [3.05, 3.63) is 34.3 Å². The molecule has 0 bridgehead atoms. The molecular formula is C12H10BrNO3. The number of terminal acetylenes is 1. The second kappa shape index (κ2) is 6.06. The second-order valence-electron chi connectivity index (χ2n) is 3.28. The Morgan fingerprint density at radius 1 is 1.53 bits per heavy atom. The molecule has 0 saturated heterocycles. The van der Waals surface area contributed by atoms with Crippen LogP contribution < -0.4 is 5.32 Å². The fraction of sp³-hybridized carbons (Fsp3) is 0.167. The van der Waals surface area contributed by atoms with Gasteiger partial charge in [-0.15, -0.1) is 12.3 Å². The maximum absolute atomic E-state index is 11.7. The van der Waals surface area contributed by atoms with Crippen LogP contribution in [0.2, 0.25) is 0 Å². The van der Waals surface area contributed by atoms with E-state index >= 15 is 0 Å². The van der Waals surface area contributed by atoms with Gasteiger partial charge < -0.3 is 10.4 Å². The summed E-state index contributed by atoms with van der Waals surface area (Å²) in [6.45, 7) is 0. The van der Waals surface area contributed by atoms with E-state index in [9.17, 15) is 9.59 Å². The smallest absolute Gasteiger partial charge is 0.327 e. The van der Waals surface area contributed by atoms with Crippen molar-refractivity contribution in [2.24, 2.45) is 0 Å². The van der Waals surface area contributed by atoms with Crippen molar-refractivity contribution in [1.29, 1.82) is 0 Å². The van der Waals surface area contributed by atoms with Crippen molar-refractivity contribution < 1.29 is 14.7 Å². The van der Waals surface area contributed by atoms with Crippen LogP contribution in [-0.4, -0.2) is 23.0 Å². The summed E-state index contributed by atoms with van der Waals surface area (Å²) in [4.78, 5) is 22.5. The first-order valence-electron chi connectivity index (χ1n) is 4.77. The summed E-state index contributed by atoms with van der Waals surface area (Å²) in [5.41, 5.74) is 0.377. The van der Waals surface area contributed by atoms with Crippen molar-refractivity contribution in [2.75, 3.05) is 0 Å². The highest BCUT2D eigenvalue weighted by molar-refractivity contribution is 9.10. The highest BCUT2D eigenvalue weighted by Gasteiger charge is 2.19. The highest BCUT2D eigenvalue weighted by atomic mass is 79.9. The first-order chi connectivity index (χ1) is 8.04. The second-order valence-corrected chi connectivity index (χ2v) is 4.20. The number of aliphatic carboxylic acids is 1. The lowest BCUT2D eigenvalue weighted by Crippen LogP contribution is -2.40. The molecule has 0 aromatic heterocycles. The normalized spacial score (nSPS) is 11.3. The van der Waals surface area contributed by atoms with Crippen LogP contribution in [-0.2, 0) is 4.79 Å². The van der Waals surface area contributed by atoms with Gasteiger partial charge in [-0.05, 0) is 18.2 Å². The van der Waals surface area contributed by atoms with Crippen LogP contribution in [0.15, 0.2) is 28.7 Å². The van der Waals surface area contributed by atoms with Gasteiger partial charge in [0.05, 0.1) is 0 Å². The van der Waals surface area contributed by atoms with Gasteiger partial charge in [-0.3, -0.25) is 4.79 Å². The number of carboxylic acid groups (broad SMARTS) is 1. The summed E-state index contributed by atoms with van der Waals surface area (Å²) < 4.78 is 0.744. The Morgan fingerprint density at radius 2 is 2.24 bits per heavy atom. The quantitative estimate of drug-likeness (QED) is 0.830. The lowest BCUT2D eigenvalue weighted by Gasteiger charge is -2.11. The topological polar surface area (TPSA) is 66.4 Å². The molecule has 0 saturated carbocycles. The van der Waals surface area contributed by atoms with Crippen molar-refractivity contribution in [2.45, 2.75) is 12.5 Å². The van der Waals surface area contributed by atoms with E-state index in [4.69, 9.17) is 11.5 Å². The standard InChI is InChI=1S/C12H10BrNO3/c1-2-4-10(12(16)17)14-11(15)8-5-3-6-9(13)7-8/h1,3,5-7,10H,4H2,(H,14,15)(H,16,17)/t10-/m1/s1. The molecule has 1 aromatic carbocycles. The van der Waals surface area contributed by atoms with Crippen LogP contribution in [0.25, 0.3) is 0 Å². The maximum atomic E-state index is 11.7. The zero-order chi connectivity index (χ0) is 12.8. The van der Waals surface area contributed by atoms with E-state index in [0.717, 1.165) is 4.47 Å². The molecule has 0 fully saturated rings. The van der Waals surface area contributed by atoms with E-state index in [1.807, 2.05) is 0 Å². The molecule has 1 atom stereocenters. The number of hydrogen-bond acceptors (Lipinski definition) is 2. The summed E-state index contributed by atoms with van der Waals surface area (Å²) in [7, 11) is 0. The SMILES string of the molecule is C#CC[C@@H](NC(=O)c1cccc(Br)c1)C(=O)O. The zero-order valence-electron chi connectivity index (χ0n) is 8.81. The predicted octanol–water partition coefficient (Wildman–Crippen LogP) is 1.66. The van der Waals surface area contributed by atoms with Crippen molar-refractivity contribution in [3.63, 3.8) is 0 Å². The van der Waals surface area contributed by atoms with E-state index in [1.165, 1.54) is 0 Å². The molecule has 1 rings (SSSR count). The summed E-state index contributed by atoms with van der Waals surface area (Å²) in [5.74, 6) is 0.602. The molecule has 0 spiro atoms. The van der Waals surface area contributed by atoms with Gasteiger partial charge in [-0.1, -0.05) is 22.0 Å². The van der Waals surface area contributed by atoms with Crippen LogP contribution in [0.5, 0.6) is 0 Å². The first kappa shape index (κ1) is 13.3. The molecule has 4 nitrogen and oxygen atoms in total. The Balaban J connectivity index is 2.78. The van der Waals surface area contributed by atoms with Crippen LogP contribution in [0.1, 0.15) is 16.8 Å². The van der Waals surface area contributed by atoms with Gasteiger partial charge in [0.15, 0.2) is 0 Å². The number of rotatable bonds is 4. The van der Waals surface area contributed by atoms with Crippen molar-refractivity contribution in [3.8, 4) is 12.3 Å². The average Bonchev–Trinajstić information content (AvgIpc) is 2.28. The molecule has 1 amide bonds. The Bertz CT molecular complexity index is 479. The first-order valence-corrected chi connectivity index (χ1v) is 5.56. The third-order valence-corrected chi connectivity index (χ3v) is 2.51. The summed E-state index contributed by atoms with van der Waals surface area (Å²) in [6.07, 6.45) is 4.99. The number of benzene rings is 1. The van der Waals surface area contributed by atoms with E-state index in [1.54, 1.807) is 24.3 Å². The van der Waals surface area contributed by atoms with Gasteiger partial charge in [-0.25, -0.2) is 4.79 Å². The zero-order valence-corrected chi connectivity index (χ0v) is 10.4. The molecule has 0 aliphatic heterocycles. The third kappa shape index (κ3) is 3.93. The molecule has 0 heterocycles. The van der Waals surface area contributed by atoms with Gasteiger partial charge in [0.2, 0.25) is 0 Å². The minimum atomic E-state index is -1.15. The number of nitrogens with one attached hydrogen (secondary N) is 1. The molecular weight excluding hydrogens is 286 g/mol. The van der Waals surface area contributed by atoms with Gasteiger partial charge in [0, 0.05) is 16.5 Å². The summed E-state index contributed by atoms with van der Waals surface area (Å²) in [5, 5.41) is 11.2. The number of hydrogen-bond donors (Lipinski definition) is 2. The summed E-state index contributed by atoms with van der Waals surface area (Å²) in [6, 6.07) is 5.59. The van der Waals surface area contributed by atoms with Gasteiger partial charge in [-0.2, -0.15) is 0 Å². The number of carbonyl (C=O) groups excluding carboxylic acids is 1. The third-order valence-electron chi connectivity index (χ3n) is 2.01. The monoisotopic (exact) mass is 295 g/mol. The average molecular weight is 296 g/mol. The minimum absolute atomic E-state index is 0.0466. The van der Waals surface area contributed by atoms with Crippen molar-refractivity contribution in [1.82, 2.24) is 5.32 Å². The Kier molecular flexibility index (Phi) is 4.73. The van der Waals surface area contributed by atoms with E-state index in [2.05, 4.69) is 27.2 Å². The molecule has 1 aromatic rings.